The molecule has 6 heteroatoms. The van der Waals surface area contributed by atoms with Gasteiger partial charge in [0.1, 0.15) is 5.69 Å². The molecule has 24 heavy (non-hydrogen) atoms. The van der Waals surface area contributed by atoms with Gasteiger partial charge in [-0.2, -0.15) is 0 Å². The van der Waals surface area contributed by atoms with Crippen LogP contribution < -0.4 is 0 Å². The number of amides is 1. The SMILES string of the molecule is Cc1csc(C2CCN(C(=O)c3cnc4ccccc4n3)CC2)n1. The highest BCUT2D eigenvalue weighted by Gasteiger charge is 2.26. The summed E-state index contributed by atoms with van der Waals surface area (Å²) in [5.41, 5.74) is 3.08. The minimum Gasteiger partial charge on any atom is -0.337 e. The van der Waals surface area contributed by atoms with Gasteiger partial charge in [-0.1, -0.05) is 12.1 Å². The Bertz CT molecular complexity index is 883. The van der Waals surface area contributed by atoms with E-state index in [9.17, 15) is 4.79 Å². The number of thiazole rings is 1. The van der Waals surface area contributed by atoms with E-state index in [1.54, 1.807) is 17.5 Å². The minimum absolute atomic E-state index is 0.0259. The number of carbonyl (C=O) groups excluding carboxylic acids is 1. The Morgan fingerprint density at radius 1 is 1.17 bits per heavy atom. The summed E-state index contributed by atoms with van der Waals surface area (Å²) in [6.45, 7) is 3.52. The van der Waals surface area contributed by atoms with Crippen molar-refractivity contribution in [3.8, 4) is 0 Å². The van der Waals surface area contributed by atoms with Crippen LogP contribution in [0.2, 0.25) is 0 Å². The van der Waals surface area contributed by atoms with Crippen LogP contribution in [0.5, 0.6) is 0 Å². The van der Waals surface area contributed by atoms with E-state index in [0.717, 1.165) is 42.7 Å². The van der Waals surface area contributed by atoms with Gasteiger partial charge in [-0.25, -0.2) is 9.97 Å². The molecule has 0 aliphatic carbocycles. The van der Waals surface area contributed by atoms with Crippen LogP contribution in [0.4, 0.5) is 0 Å². The number of para-hydroxylation sites is 2. The second-order valence-electron chi connectivity index (χ2n) is 6.14. The summed E-state index contributed by atoms with van der Waals surface area (Å²) in [5, 5.41) is 3.29. The van der Waals surface area contributed by atoms with Crippen LogP contribution in [0.3, 0.4) is 0 Å². The maximum atomic E-state index is 12.7. The number of fused-ring (bicyclic) bond motifs is 1. The van der Waals surface area contributed by atoms with Crippen molar-refractivity contribution < 1.29 is 4.79 Å². The van der Waals surface area contributed by atoms with Crippen molar-refractivity contribution in [3.63, 3.8) is 0 Å². The molecule has 0 unspecified atom stereocenters. The zero-order valence-corrected chi connectivity index (χ0v) is 14.3. The molecule has 1 aliphatic heterocycles. The first kappa shape index (κ1) is 15.2. The minimum atomic E-state index is -0.0259. The fourth-order valence-electron chi connectivity index (χ4n) is 3.11. The smallest absolute Gasteiger partial charge is 0.274 e. The highest BCUT2D eigenvalue weighted by atomic mass is 32.1. The molecule has 4 rings (SSSR count). The average molecular weight is 338 g/mol. The highest BCUT2D eigenvalue weighted by Crippen LogP contribution is 2.30. The first-order valence-corrected chi connectivity index (χ1v) is 9.02. The number of carbonyl (C=O) groups is 1. The molecule has 0 saturated carbocycles. The third kappa shape index (κ3) is 2.89. The third-order valence-electron chi connectivity index (χ3n) is 4.44. The van der Waals surface area contributed by atoms with Crippen LogP contribution in [0, 0.1) is 6.92 Å². The molecule has 0 bridgehead atoms. The Morgan fingerprint density at radius 3 is 2.62 bits per heavy atom. The van der Waals surface area contributed by atoms with Gasteiger partial charge in [0.2, 0.25) is 0 Å². The topological polar surface area (TPSA) is 59.0 Å². The first-order valence-electron chi connectivity index (χ1n) is 8.14. The molecule has 1 saturated heterocycles. The molecule has 122 valence electrons. The van der Waals surface area contributed by atoms with Crippen molar-refractivity contribution in [2.24, 2.45) is 0 Å². The van der Waals surface area contributed by atoms with E-state index in [1.807, 2.05) is 36.1 Å². The predicted molar refractivity (Wildman–Crippen MR) is 94.3 cm³/mol. The van der Waals surface area contributed by atoms with Crippen LogP contribution in [0.1, 0.15) is 39.9 Å². The van der Waals surface area contributed by atoms with Gasteiger partial charge >= 0.3 is 0 Å². The zero-order chi connectivity index (χ0) is 16.5. The molecule has 1 amide bonds. The molecule has 3 heterocycles. The number of aromatic nitrogens is 3. The lowest BCUT2D eigenvalue weighted by atomic mass is 9.97. The van der Waals surface area contributed by atoms with Crippen molar-refractivity contribution >= 4 is 28.3 Å². The number of aryl methyl sites for hydroxylation is 1. The molecule has 1 fully saturated rings. The van der Waals surface area contributed by atoms with Gasteiger partial charge in [0.15, 0.2) is 0 Å². The van der Waals surface area contributed by atoms with Gasteiger partial charge in [0.25, 0.3) is 5.91 Å². The molecular weight excluding hydrogens is 320 g/mol. The Morgan fingerprint density at radius 2 is 1.92 bits per heavy atom. The fourth-order valence-corrected chi connectivity index (χ4v) is 4.08. The Labute approximate surface area is 144 Å². The second kappa shape index (κ2) is 6.28. The lowest BCUT2D eigenvalue weighted by molar-refractivity contribution is 0.0707. The second-order valence-corrected chi connectivity index (χ2v) is 7.03. The van der Waals surface area contributed by atoms with Crippen LogP contribution >= 0.6 is 11.3 Å². The summed E-state index contributed by atoms with van der Waals surface area (Å²) in [5.74, 6) is 0.442. The van der Waals surface area contributed by atoms with Crippen molar-refractivity contribution in [1.82, 2.24) is 19.9 Å². The molecule has 1 aliphatic rings. The van der Waals surface area contributed by atoms with E-state index < -0.39 is 0 Å². The van der Waals surface area contributed by atoms with E-state index in [1.165, 1.54) is 5.01 Å². The molecule has 0 radical (unpaired) electrons. The van der Waals surface area contributed by atoms with Crippen LogP contribution in [0.15, 0.2) is 35.8 Å². The molecule has 1 aromatic carbocycles. The molecule has 0 N–H and O–H groups in total. The highest BCUT2D eigenvalue weighted by molar-refractivity contribution is 7.09. The quantitative estimate of drug-likeness (QED) is 0.718. The summed E-state index contributed by atoms with van der Waals surface area (Å²) >= 11 is 1.73. The number of hydrogen-bond acceptors (Lipinski definition) is 5. The maximum Gasteiger partial charge on any atom is 0.274 e. The van der Waals surface area contributed by atoms with Crippen molar-refractivity contribution in [2.75, 3.05) is 13.1 Å². The lowest BCUT2D eigenvalue weighted by Crippen LogP contribution is -2.38. The third-order valence-corrected chi connectivity index (χ3v) is 5.56. The van der Waals surface area contributed by atoms with Gasteiger partial charge in [0, 0.05) is 30.1 Å². The summed E-state index contributed by atoms with van der Waals surface area (Å²) in [7, 11) is 0. The Balaban J connectivity index is 1.47. The van der Waals surface area contributed by atoms with E-state index in [-0.39, 0.29) is 5.91 Å². The summed E-state index contributed by atoms with van der Waals surface area (Å²) < 4.78 is 0. The van der Waals surface area contributed by atoms with Crippen LogP contribution in [-0.4, -0.2) is 38.8 Å². The summed E-state index contributed by atoms with van der Waals surface area (Å²) in [6, 6.07) is 7.62. The Hall–Kier alpha value is -2.34. The summed E-state index contributed by atoms with van der Waals surface area (Å²) in [6.07, 6.45) is 3.50. The molecule has 5 nitrogen and oxygen atoms in total. The molecule has 3 aromatic rings. The number of rotatable bonds is 2. The van der Waals surface area contributed by atoms with Crippen molar-refractivity contribution in [3.05, 3.63) is 52.2 Å². The van der Waals surface area contributed by atoms with E-state index in [4.69, 9.17) is 0 Å². The molecule has 0 atom stereocenters. The van der Waals surface area contributed by atoms with Crippen LogP contribution in [0.25, 0.3) is 11.0 Å². The normalized spacial score (nSPS) is 15.8. The van der Waals surface area contributed by atoms with Gasteiger partial charge in [-0.05, 0) is 31.9 Å². The number of benzene rings is 1. The Kier molecular flexibility index (Phi) is 3.98. The number of hydrogen-bond donors (Lipinski definition) is 0. The van der Waals surface area contributed by atoms with Crippen molar-refractivity contribution in [1.29, 1.82) is 0 Å². The number of likely N-dealkylation sites (tertiary alicyclic amines) is 1. The maximum absolute atomic E-state index is 12.7. The predicted octanol–water partition coefficient (Wildman–Crippen LogP) is 3.41. The van der Waals surface area contributed by atoms with Crippen molar-refractivity contribution in [2.45, 2.75) is 25.7 Å². The zero-order valence-electron chi connectivity index (χ0n) is 13.5. The largest absolute Gasteiger partial charge is 0.337 e. The first-order chi connectivity index (χ1) is 11.7. The molecular formula is C18H18N4OS. The van der Waals surface area contributed by atoms with E-state index >= 15 is 0 Å². The monoisotopic (exact) mass is 338 g/mol. The molecule has 2 aromatic heterocycles. The lowest BCUT2D eigenvalue weighted by Gasteiger charge is -2.30. The van der Waals surface area contributed by atoms with Gasteiger partial charge in [0.05, 0.1) is 22.2 Å². The average Bonchev–Trinajstić information content (AvgIpc) is 3.07. The molecule has 0 spiro atoms. The van der Waals surface area contributed by atoms with Gasteiger partial charge in [-0.3, -0.25) is 9.78 Å². The summed E-state index contributed by atoms with van der Waals surface area (Å²) in [4.78, 5) is 28.0. The standard InChI is InChI=1S/C18H18N4OS/c1-12-11-24-17(20-12)13-6-8-22(9-7-13)18(23)16-10-19-14-4-2-3-5-15(14)21-16/h2-5,10-11,13H,6-9H2,1H3. The van der Waals surface area contributed by atoms with Crippen LogP contribution in [-0.2, 0) is 0 Å². The van der Waals surface area contributed by atoms with E-state index in [0.29, 0.717) is 11.6 Å². The number of nitrogens with zero attached hydrogens (tertiary/aromatic N) is 4. The van der Waals surface area contributed by atoms with Gasteiger partial charge in [-0.15, -0.1) is 11.3 Å². The number of piperidine rings is 1. The fraction of sp³-hybridized carbons (Fsp3) is 0.333. The van der Waals surface area contributed by atoms with E-state index in [2.05, 4.69) is 20.3 Å². The van der Waals surface area contributed by atoms with Gasteiger partial charge < -0.3 is 4.90 Å².